The van der Waals surface area contributed by atoms with Crippen LogP contribution < -0.4 is 5.32 Å². The number of nitrogens with one attached hydrogen (secondary N) is 1. The number of pyridine rings is 2. The van der Waals surface area contributed by atoms with Gasteiger partial charge in [0.1, 0.15) is 5.82 Å². The van der Waals surface area contributed by atoms with Crippen molar-refractivity contribution in [3.63, 3.8) is 0 Å². The SMILES string of the molecule is C=C/C=C(\C=C/C)Cc1cccc(-c2ccnc(Nc3ccnc4ccc(C)cc34)c2)c1. The van der Waals surface area contributed by atoms with E-state index in [1.807, 2.05) is 43.6 Å². The number of aryl methyl sites for hydroxylation is 1. The highest BCUT2D eigenvalue weighted by atomic mass is 15.0. The summed E-state index contributed by atoms with van der Waals surface area (Å²) in [6, 6.07) is 21.1. The van der Waals surface area contributed by atoms with Crippen LogP contribution in [-0.2, 0) is 6.42 Å². The molecule has 0 aliphatic heterocycles. The largest absolute Gasteiger partial charge is 0.340 e. The minimum absolute atomic E-state index is 0.808. The van der Waals surface area contributed by atoms with Gasteiger partial charge in [-0.15, -0.1) is 0 Å². The van der Waals surface area contributed by atoms with Gasteiger partial charge in [-0.25, -0.2) is 4.98 Å². The number of anilines is 2. The van der Waals surface area contributed by atoms with Gasteiger partial charge in [-0.05, 0) is 72.9 Å². The maximum atomic E-state index is 4.55. The zero-order valence-electron chi connectivity index (χ0n) is 18.5. The lowest BCUT2D eigenvalue weighted by Crippen LogP contribution is -1.96. The molecule has 1 N–H and O–H groups in total. The minimum atomic E-state index is 0.808. The molecule has 0 spiro atoms. The van der Waals surface area contributed by atoms with Gasteiger partial charge in [0, 0.05) is 17.8 Å². The van der Waals surface area contributed by atoms with Crippen LogP contribution in [0.15, 0.2) is 110 Å². The van der Waals surface area contributed by atoms with E-state index < -0.39 is 0 Å². The van der Waals surface area contributed by atoms with Crippen LogP contribution in [-0.4, -0.2) is 9.97 Å². The third-order valence-corrected chi connectivity index (χ3v) is 5.30. The molecule has 0 bridgehead atoms. The number of allylic oxidation sites excluding steroid dienone is 5. The standard InChI is InChI=1S/C29H27N3/c1-4-7-22(8-5-2)18-23-9-6-10-24(19-23)25-13-15-31-29(20-25)32-28-14-16-30-27-12-11-21(3)17-26(27)28/h4-17,19-20H,1,18H2,2-3H3,(H,30,31,32)/b8-5-,22-7+. The molecule has 2 aromatic carbocycles. The van der Waals surface area contributed by atoms with Crippen LogP contribution in [0.2, 0.25) is 0 Å². The Morgan fingerprint density at radius 2 is 1.81 bits per heavy atom. The van der Waals surface area contributed by atoms with Gasteiger partial charge in [-0.1, -0.05) is 66.8 Å². The van der Waals surface area contributed by atoms with E-state index in [0.29, 0.717) is 0 Å². The second-order valence-corrected chi connectivity index (χ2v) is 7.79. The van der Waals surface area contributed by atoms with Crippen LogP contribution in [0.3, 0.4) is 0 Å². The first-order valence-corrected chi connectivity index (χ1v) is 10.8. The third kappa shape index (κ3) is 5.01. The van der Waals surface area contributed by atoms with Crippen molar-refractivity contribution in [1.82, 2.24) is 9.97 Å². The summed E-state index contributed by atoms with van der Waals surface area (Å²) < 4.78 is 0. The molecular weight excluding hydrogens is 390 g/mol. The fraction of sp³-hybridized carbons (Fsp3) is 0.103. The second kappa shape index (κ2) is 9.88. The summed E-state index contributed by atoms with van der Waals surface area (Å²) in [5.41, 5.74) is 7.96. The fourth-order valence-electron chi connectivity index (χ4n) is 3.82. The molecule has 0 unspecified atom stereocenters. The van der Waals surface area contributed by atoms with Crippen LogP contribution in [0.4, 0.5) is 11.5 Å². The van der Waals surface area contributed by atoms with E-state index in [-0.39, 0.29) is 0 Å². The number of nitrogens with zero attached hydrogens (tertiary/aromatic N) is 2. The van der Waals surface area contributed by atoms with E-state index in [0.717, 1.165) is 34.4 Å². The molecular formula is C29H27N3. The second-order valence-electron chi connectivity index (χ2n) is 7.79. The molecule has 32 heavy (non-hydrogen) atoms. The van der Waals surface area contributed by atoms with Crippen LogP contribution in [0.5, 0.6) is 0 Å². The first kappa shape index (κ1) is 21.3. The zero-order valence-corrected chi connectivity index (χ0v) is 18.5. The quantitative estimate of drug-likeness (QED) is 0.315. The number of fused-ring (bicyclic) bond motifs is 1. The minimum Gasteiger partial charge on any atom is -0.340 e. The highest BCUT2D eigenvalue weighted by Gasteiger charge is 2.06. The number of aromatic nitrogens is 2. The Morgan fingerprint density at radius 1 is 0.969 bits per heavy atom. The van der Waals surface area contributed by atoms with Crippen molar-refractivity contribution in [2.24, 2.45) is 0 Å². The Hall–Kier alpha value is -3.98. The Balaban J connectivity index is 1.62. The highest BCUT2D eigenvalue weighted by Crippen LogP contribution is 2.28. The molecule has 2 aromatic heterocycles. The molecule has 3 nitrogen and oxygen atoms in total. The average molecular weight is 418 g/mol. The summed E-state index contributed by atoms with van der Waals surface area (Å²) in [5.74, 6) is 0.808. The number of hydrogen-bond acceptors (Lipinski definition) is 3. The normalized spacial score (nSPS) is 11.8. The van der Waals surface area contributed by atoms with Gasteiger partial charge in [0.15, 0.2) is 0 Å². The lowest BCUT2D eigenvalue weighted by atomic mass is 9.99. The Bertz CT molecular complexity index is 1320. The molecule has 0 radical (unpaired) electrons. The summed E-state index contributed by atoms with van der Waals surface area (Å²) in [6.07, 6.45) is 12.6. The van der Waals surface area contributed by atoms with Gasteiger partial charge in [-0.3, -0.25) is 4.98 Å². The number of benzene rings is 2. The molecule has 0 atom stereocenters. The van der Waals surface area contributed by atoms with Crippen LogP contribution >= 0.6 is 0 Å². The smallest absolute Gasteiger partial charge is 0.130 e. The maximum Gasteiger partial charge on any atom is 0.130 e. The molecule has 4 rings (SSSR count). The molecule has 0 saturated carbocycles. The van der Waals surface area contributed by atoms with Crippen molar-refractivity contribution in [2.45, 2.75) is 20.3 Å². The lowest BCUT2D eigenvalue weighted by Gasteiger charge is -2.11. The van der Waals surface area contributed by atoms with Crippen molar-refractivity contribution in [2.75, 3.05) is 5.32 Å². The van der Waals surface area contributed by atoms with Gasteiger partial charge in [0.05, 0.1) is 11.2 Å². The highest BCUT2D eigenvalue weighted by molar-refractivity contribution is 5.93. The molecule has 0 amide bonds. The first-order valence-electron chi connectivity index (χ1n) is 10.8. The predicted octanol–water partition coefficient (Wildman–Crippen LogP) is 7.58. The van der Waals surface area contributed by atoms with Gasteiger partial charge in [0.2, 0.25) is 0 Å². The van der Waals surface area contributed by atoms with E-state index in [2.05, 4.69) is 89.5 Å². The van der Waals surface area contributed by atoms with Crippen LogP contribution in [0.1, 0.15) is 18.1 Å². The van der Waals surface area contributed by atoms with E-state index in [1.165, 1.54) is 22.3 Å². The fourth-order valence-corrected chi connectivity index (χ4v) is 3.82. The molecule has 4 aromatic rings. The van der Waals surface area contributed by atoms with Crippen molar-refractivity contribution in [1.29, 1.82) is 0 Å². The van der Waals surface area contributed by atoms with Gasteiger partial charge < -0.3 is 5.32 Å². The van der Waals surface area contributed by atoms with Crippen molar-refractivity contribution >= 4 is 22.4 Å². The van der Waals surface area contributed by atoms with Gasteiger partial charge in [0.25, 0.3) is 0 Å². The lowest BCUT2D eigenvalue weighted by molar-refractivity contribution is 1.19. The Morgan fingerprint density at radius 3 is 2.66 bits per heavy atom. The number of hydrogen-bond donors (Lipinski definition) is 1. The summed E-state index contributed by atoms with van der Waals surface area (Å²) in [5, 5.41) is 4.57. The predicted molar refractivity (Wildman–Crippen MR) is 136 cm³/mol. The molecule has 2 heterocycles. The summed E-state index contributed by atoms with van der Waals surface area (Å²) in [6.45, 7) is 7.95. The molecule has 0 fully saturated rings. The molecule has 0 aliphatic carbocycles. The van der Waals surface area contributed by atoms with E-state index >= 15 is 0 Å². The monoisotopic (exact) mass is 417 g/mol. The van der Waals surface area contributed by atoms with Crippen LogP contribution in [0, 0.1) is 6.92 Å². The molecule has 158 valence electrons. The van der Waals surface area contributed by atoms with E-state index in [1.54, 1.807) is 0 Å². The summed E-state index contributed by atoms with van der Waals surface area (Å²) >= 11 is 0. The van der Waals surface area contributed by atoms with Crippen molar-refractivity contribution in [3.05, 3.63) is 121 Å². The molecule has 3 heteroatoms. The summed E-state index contributed by atoms with van der Waals surface area (Å²) in [4.78, 5) is 9.02. The molecule has 0 aliphatic rings. The van der Waals surface area contributed by atoms with Crippen molar-refractivity contribution in [3.8, 4) is 11.1 Å². The van der Waals surface area contributed by atoms with E-state index in [4.69, 9.17) is 0 Å². The average Bonchev–Trinajstić information content (AvgIpc) is 2.80. The molecule has 0 saturated heterocycles. The summed E-state index contributed by atoms with van der Waals surface area (Å²) in [7, 11) is 0. The maximum absolute atomic E-state index is 4.55. The van der Waals surface area contributed by atoms with E-state index in [9.17, 15) is 0 Å². The van der Waals surface area contributed by atoms with Gasteiger partial charge in [-0.2, -0.15) is 0 Å². The Kier molecular flexibility index (Phi) is 6.57. The zero-order chi connectivity index (χ0) is 22.3. The van der Waals surface area contributed by atoms with Gasteiger partial charge >= 0.3 is 0 Å². The third-order valence-electron chi connectivity index (χ3n) is 5.30. The van der Waals surface area contributed by atoms with Crippen LogP contribution in [0.25, 0.3) is 22.0 Å². The topological polar surface area (TPSA) is 37.8 Å². The number of rotatable bonds is 7. The first-order chi connectivity index (χ1) is 15.7. The van der Waals surface area contributed by atoms with Crippen molar-refractivity contribution < 1.29 is 0 Å². The Labute approximate surface area is 189 Å².